The molecule has 2 aliphatic rings. The number of phosphoric ester groups is 1. The number of nitrogens with two attached hydrogens (primary N) is 1. The van der Waals surface area contributed by atoms with Crippen molar-refractivity contribution in [3.63, 3.8) is 0 Å². The normalized spacial score (nSPS) is 36.8. The SMILES string of the molecule is Nc1c(C(=O)O)ncn1[C@H]1C[C@@H]2OP(=O)(O)OC[C@H]2O1. The van der Waals surface area contributed by atoms with E-state index in [0.717, 1.165) is 0 Å². The molecule has 3 heterocycles. The van der Waals surface area contributed by atoms with Crippen molar-refractivity contribution in [2.45, 2.75) is 24.9 Å². The maximum atomic E-state index is 11.3. The fraction of sp³-hybridized carbons (Fsp3) is 0.556. The fourth-order valence-corrected chi connectivity index (χ4v) is 3.23. The van der Waals surface area contributed by atoms with Crippen molar-refractivity contribution >= 4 is 19.6 Å². The number of nitrogens with zero attached hydrogens (tertiary/aromatic N) is 2. The number of phosphoric acid groups is 1. The van der Waals surface area contributed by atoms with Crippen LogP contribution >= 0.6 is 7.82 Å². The third-order valence-corrected chi connectivity index (χ3v) is 4.21. The third-order valence-electron chi connectivity index (χ3n) is 3.20. The Hall–Kier alpha value is -1.45. The van der Waals surface area contributed by atoms with Crippen molar-refractivity contribution in [1.29, 1.82) is 0 Å². The zero-order valence-corrected chi connectivity index (χ0v) is 11.0. The molecule has 0 amide bonds. The number of nitrogen functional groups attached to an aromatic ring is 1. The van der Waals surface area contributed by atoms with Crippen molar-refractivity contribution in [1.82, 2.24) is 9.55 Å². The molecule has 2 aliphatic heterocycles. The van der Waals surface area contributed by atoms with Crippen molar-refractivity contribution in [3.05, 3.63) is 12.0 Å². The van der Waals surface area contributed by atoms with Gasteiger partial charge in [-0.3, -0.25) is 13.6 Å². The van der Waals surface area contributed by atoms with Gasteiger partial charge >= 0.3 is 13.8 Å². The highest BCUT2D eigenvalue weighted by molar-refractivity contribution is 7.47. The lowest BCUT2D eigenvalue weighted by molar-refractivity contribution is -0.0665. The topological polar surface area (TPSA) is 146 Å². The molecule has 0 aliphatic carbocycles. The monoisotopic (exact) mass is 305 g/mol. The minimum absolute atomic E-state index is 0.0470. The summed E-state index contributed by atoms with van der Waals surface area (Å²) in [5.74, 6) is -1.29. The summed E-state index contributed by atoms with van der Waals surface area (Å²) in [4.78, 5) is 23.8. The highest BCUT2D eigenvalue weighted by atomic mass is 31.2. The zero-order chi connectivity index (χ0) is 14.5. The van der Waals surface area contributed by atoms with E-state index >= 15 is 0 Å². The number of rotatable bonds is 2. The highest BCUT2D eigenvalue weighted by Gasteiger charge is 2.46. The number of carbonyl (C=O) groups is 1. The Morgan fingerprint density at radius 1 is 1.55 bits per heavy atom. The molecule has 0 spiro atoms. The number of imidazole rings is 1. The zero-order valence-electron chi connectivity index (χ0n) is 10.1. The molecule has 2 fully saturated rings. The average molecular weight is 305 g/mol. The first-order valence-corrected chi connectivity index (χ1v) is 7.24. The van der Waals surface area contributed by atoms with Crippen LogP contribution in [-0.4, -0.2) is 44.3 Å². The van der Waals surface area contributed by atoms with Crippen LogP contribution in [-0.2, 0) is 18.3 Å². The summed E-state index contributed by atoms with van der Waals surface area (Å²) in [5, 5.41) is 8.89. The van der Waals surface area contributed by atoms with Crippen LogP contribution in [0.3, 0.4) is 0 Å². The third kappa shape index (κ3) is 2.21. The van der Waals surface area contributed by atoms with Crippen molar-refractivity contribution in [2.75, 3.05) is 12.3 Å². The molecule has 110 valence electrons. The minimum Gasteiger partial charge on any atom is -0.476 e. The van der Waals surface area contributed by atoms with Gasteiger partial charge in [-0.15, -0.1) is 0 Å². The Bertz CT molecular complexity index is 602. The summed E-state index contributed by atoms with van der Waals surface area (Å²) >= 11 is 0. The van der Waals surface area contributed by atoms with Crippen LogP contribution in [0.5, 0.6) is 0 Å². The molecule has 0 radical (unpaired) electrons. The van der Waals surface area contributed by atoms with Gasteiger partial charge in [-0.25, -0.2) is 14.3 Å². The van der Waals surface area contributed by atoms with E-state index in [2.05, 4.69) is 9.51 Å². The number of anilines is 1. The van der Waals surface area contributed by atoms with E-state index in [4.69, 9.17) is 20.1 Å². The predicted molar refractivity (Wildman–Crippen MR) is 62.8 cm³/mol. The summed E-state index contributed by atoms with van der Waals surface area (Å²) in [6.07, 6.45) is -0.241. The number of fused-ring (bicyclic) bond motifs is 1. The van der Waals surface area contributed by atoms with Gasteiger partial charge in [0.2, 0.25) is 0 Å². The summed E-state index contributed by atoms with van der Waals surface area (Å²) in [5.41, 5.74) is 5.42. The molecule has 3 rings (SSSR count). The fourth-order valence-electron chi connectivity index (χ4n) is 2.27. The van der Waals surface area contributed by atoms with E-state index in [9.17, 15) is 14.3 Å². The summed E-state index contributed by atoms with van der Waals surface area (Å²) in [6, 6.07) is 0. The lowest BCUT2D eigenvalue weighted by Crippen LogP contribution is -2.32. The molecule has 4 N–H and O–H groups in total. The maximum absolute atomic E-state index is 11.3. The van der Waals surface area contributed by atoms with Gasteiger partial charge in [-0.05, 0) is 0 Å². The van der Waals surface area contributed by atoms with Gasteiger partial charge in [-0.2, -0.15) is 0 Å². The summed E-state index contributed by atoms with van der Waals surface area (Å²) in [7, 11) is -4.03. The summed E-state index contributed by atoms with van der Waals surface area (Å²) < 4.78 is 27.8. The Morgan fingerprint density at radius 3 is 2.95 bits per heavy atom. The second kappa shape index (κ2) is 4.54. The van der Waals surface area contributed by atoms with Gasteiger partial charge in [0.15, 0.2) is 5.69 Å². The molecule has 0 bridgehead atoms. The van der Waals surface area contributed by atoms with Gasteiger partial charge in [0.25, 0.3) is 0 Å². The van der Waals surface area contributed by atoms with Crippen molar-refractivity contribution < 1.29 is 33.1 Å². The number of carboxylic acid groups (broad SMARTS) is 1. The number of hydrogen-bond acceptors (Lipinski definition) is 7. The molecule has 20 heavy (non-hydrogen) atoms. The molecule has 11 heteroatoms. The molecule has 1 aromatic rings. The predicted octanol–water partition coefficient (Wildman–Crippen LogP) is -0.0332. The highest BCUT2D eigenvalue weighted by Crippen LogP contribution is 2.52. The molecule has 1 aromatic heterocycles. The van der Waals surface area contributed by atoms with E-state index in [-0.39, 0.29) is 24.5 Å². The van der Waals surface area contributed by atoms with Gasteiger partial charge in [0.1, 0.15) is 24.3 Å². The molecule has 2 saturated heterocycles. The molecule has 0 saturated carbocycles. The number of aromatic carboxylic acids is 1. The summed E-state index contributed by atoms with van der Waals surface area (Å²) in [6.45, 7) is -0.0741. The standard InChI is InChI=1S/C9H12N3O7P/c10-8-7(9(13)14)11-3-12(8)6-1-4-5(18-6)2-17-20(15,16)19-4/h3-6H,1-2,10H2,(H,13,14)(H,15,16)/t4-,5+,6+/m0/s1. The first-order chi connectivity index (χ1) is 9.37. The van der Waals surface area contributed by atoms with Crippen molar-refractivity contribution in [3.8, 4) is 0 Å². The Balaban J connectivity index is 1.81. The van der Waals surface area contributed by atoms with Gasteiger partial charge in [0.05, 0.1) is 12.9 Å². The van der Waals surface area contributed by atoms with Crippen LogP contribution in [0.2, 0.25) is 0 Å². The Kier molecular flexibility index (Phi) is 3.07. The van der Waals surface area contributed by atoms with E-state index in [1.807, 2.05) is 0 Å². The molecule has 4 atom stereocenters. The van der Waals surface area contributed by atoms with Crippen LogP contribution in [0.15, 0.2) is 6.33 Å². The van der Waals surface area contributed by atoms with Gasteiger partial charge in [0, 0.05) is 6.42 Å². The first kappa shape index (κ1) is 13.5. The number of hydrogen-bond donors (Lipinski definition) is 3. The minimum atomic E-state index is -4.03. The lowest BCUT2D eigenvalue weighted by Gasteiger charge is -2.26. The quantitative estimate of drug-likeness (QED) is 0.640. The molecular weight excluding hydrogens is 293 g/mol. The lowest BCUT2D eigenvalue weighted by atomic mass is 10.2. The number of aromatic nitrogens is 2. The van der Waals surface area contributed by atoms with E-state index in [1.165, 1.54) is 10.9 Å². The largest absolute Gasteiger partial charge is 0.476 e. The van der Waals surface area contributed by atoms with E-state index in [0.29, 0.717) is 0 Å². The first-order valence-electron chi connectivity index (χ1n) is 5.74. The van der Waals surface area contributed by atoms with E-state index in [1.54, 1.807) is 0 Å². The van der Waals surface area contributed by atoms with E-state index < -0.39 is 32.2 Å². The van der Waals surface area contributed by atoms with Crippen LogP contribution in [0.1, 0.15) is 23.1 Å². The van der Waals surface area contributed by atoms with Crippen LogP contribution in [0.4, 0.5) is 5.82 Å². The molecule has 10 nitrogen and oxygen atoms in total. The van der Waals surface area contributed by atoms with Crippen LogP contribution < -0.4 is 5.73 Å². The average Bonchev–Trinajstić information content (AvgIpc) is 2.90. The molecular formula is C9H12N3O7P. The van der Waals surface area contributed by atoms with Gasteiger partial charge < -0.3 is 20.5 Å². The maximum Gasteiger partial charge on any atom is 0.472 e. The Morgan fingerprint density at radius 2 is 2.30 bits per heavy atom. The second-order valence-corrected chi connectivity index (χ2v) is 5.87. The second-order valence-electron chi connectivity index (χ2n) is 4.46. The smallest absolute Gasteiger partial charge is 0.472 e. The van der Waals surface area contributed by atoms with Crippen LogP contribution in [0.25, 0.3) is 0 Å². The molecule has 1 unspecified atom stereocenters. The molecule has 0 aromatic carbocycles. The Labute approximate surface area is 112 Å². The number of ether oxygens (including phenoxy) is 1. The van der Waals surface area contributed by atoms with Crippen molar-refractivity contribution in [2.24, 2.45) is 0 Å². The van der Waals surface area contributed by atoms with Gasteiger partial charge in [-0.1, -0.05) is 0 Å². The van der Waals surface area contributed by atoms with Crippen LogP contribution in [0, 0.1) is 0 Å². The number of carboxylic acids is 1.